The molecule has 1 aromatic rings. The van der Waals surface area contributed by atoms with Gasteiger partial charge in [0.25, 0.3) is 5.91 Å². The lowest BCUT2D eigenvalue weighted by Crippen LogP contribution is -2.36. The maximum atomic E-state index is 14.0. The Kier molecular flexibility index (Phi) is 10.3. The second-order valence-electron chi connectivity index (χ2n) is 8.76. The molecule has 0 aliphatic carbocycles. The monoisotopic (exact) mass is 451 g/mol. The molecular formula is C25H35F2NO4. The highest BCUT2D eigenvalue weighted by molar-refractivity contribution is 5.86. The zero-order valence-corrected chi connectivity index (χ0v) is 18.8. The molecule has 0 saturated carbocycles. The molecule has 1 aromatic carbocycles. The van der Waals surface area contributed by atoms with Crippen LogP contribution >= 0.6 is 0 Å². The van der Waals surface area contributed by atoms with Crippen molar-refractivity contribution in [3.63, 3.8) is 0 Å². The molecule has 0 radical (unpaired) electrons. The molecule has 2 rings (SSSR count). The van der Waals surface area contributed by atoms with E-state index in [2.05, 4.69) is 12.1 Å². The van der Waals surface area contributed by atoms with E-state index in [9.17, 15) is 23.5 Å². The van der Waals surface area contributed by atoms with Crippen molar-refractivity contribution >= 4 is 11.9 Å². The number of benzene rings is 1. The van der Waals surface area contributed by atoms with Crippen molar-refractivity contribution in [3.8, 4) is 0 Å². The minimum absolute atomic E-state index is 0.0183. The summed E-state index contributed by atoms with van der Waals surface area (Å²) in [5, 5.41) is 19.1. The minimum atomic E-state index is -3.38. The maximum absolute atomic E-state index is 14.0. The number of carbonyl (C=O) groups excluding carboxylic acids is 1. The average molecular weight is 452 g/mol. The summed E-state index contributed by atoms with van der Waals surface area (Å²) in [5.41, 5.74) is 1.25. The second kappa shape index (κ2) is 12.7. The van der Waals surface area contributed by atoms with Crippen LogP contribution in [0, 0.1) is 5.92 Å². The van der Waals surface area contributed by atoms with Crippen molar-refractivity contribution in [1.82, 2.24) is 4.90 Å². The van der Waals surface area contributed by atoms with E-state index in [0.29, 0.717) is 25.7 Å². The van der Waals surface area contributed by atoms with E-state index in [1.165, 1.54) is 10.5 Å². The Hall–Kier alpha value is -2.28. The average Bonchev–Trinajstić information content (AvgIpc) is 2.97. The Bertz CT molecular complexity index is 754. The van der Waals surface area contributed by atoms with Gasteiger partial charge in [-0.3, -0.25) is 9.59 Å². The fourth-order valence-electron chi connectivity index (χ4n) is 4.05. The smallest absolute Gasteiger partial charge is 0.327 e. The van der Waals surface area contributed by atoms with Crippen molar-refractivity contribution in [2.24, 2.45) is 5.92 Å². The van der Waals surface area contributed by atoms with Crippen molar-refractivity contribution in [2.75, 3.05) is 6.54 Å². The van der Waals surface area contributed by atoms with Gasteiger partial charge in [-0.2, -0.15) is 8.78 Å². The number of amides is 1. The number of rotatable bonds is 14. The van der Waals surface area contributed by atoms with Gasteiger partial charge in [0.05, 0.1) is 12.1 Å². The first-order valence-corrected chi connectivity index (χ1v) is 11.5. The third-order valence-electron chi connectivity index (χ3n) is 6.06. The topological polar surface area (TPSA) is 77.8 Å². The molecule has 1 amide bonds. The molecule has 3 atom stereocenters. The largest absolute Gasteiger partial charge is 0.481 e. The third kappa shape index (κ3) is 8.34. The summed E-state index contributed by atoms with van der Waals surface area (Å²) < 4.78 is 28.0. The Morgan fingerprint density at radius 2 is 1.88 bits per heavy atom. The van der Waals surface area contributed by atoms with E-state index < -0.39 is 36.4 Å². The highest BCUT2D eigenvalue weighted by atomic mass is 19.3. The quantitative estimate of drug-likeness (QED) is 0.314. The first-order chi connectivity index (χ1) is 15.2. The Morgan fingerprint density at radius 3 is 2.56 bits per heavy atom. The molecule has 1 heterocycles. The Labute approximate surface area is 189 Å². The summed E-state index contributed by atoms with van der Waals surface area (Å²) in [5.74, 6) is -5.42. The number of aliphatic carboxylic acids is 1. The molecule has 2 N–H and O–H groups in total. The molecule has 1 fully saturated rings. The van der Waals surface area contributed by atoms with Gasteiger partial charge < -0.3 is 15.1 Å². The van der Waals surface area contributed by atoms with Crippen LogP contribution in [0.15, 0.2) is 42.5 Å². The van der Waals surface area contributed by atoms with E-state index >= 15 is 0 Å². The number of carboxylic acid groups (broad SMARTS) is 1. The highest BCUT2D eigenvalue weighted by Crippen LogP contribution is 2.34. The van der Waals surface area contributed by atoms with Crippen molar-refractivity contribution in [2.45, 2.75) is 82.8 Å². The number of aliphatic hydroxyl groups excluding tert-OH is 1. The Morgan fingerprint density at radius 1 is 1.19 bits per heavy atom. The number of alkyl halides is 2. The van der Waals surface area contributed by atoms with E-state index in [4.69, 9.17) is 5.11 Å². The fraction of sp³-hybridized carbons (Fsp3) is 0.600. The van der Waals surface area contributed by atoms with E-state index in [1.807, 2.05) is 25.1 Å². The van der Waals surface area contributed by atoms with Crippen LogP contribution in [0.25, 0.3) is 0 Å². The van der Waals surface area contributed by atoms with Crippen LogP contribution in [-0.2, 0) is 16.0 Å². The zero-order valence-electron chi connectivity index (χ0n) is 18.8. The van der Waals surface area contributed by atoms with E-state index in [1.54, 1.807) is 12.2 Å². The molecule has 1 aliphatic rings. The Balaban J connectivity index is 1.81. The molecule has 32 heavy (non-hydrogen) atoms. The number of hydrogen-bond acceptors (Lipinski definition) is 3. The highest BCUT2D eigenvalue weighted by Gasteiger charge is 2.52. The molecular weight excluding hydrogens is 416 g/mol. The number of carbonyl (C=O) groups is 2. The maximum Gasteiger partial charge on any atom is 0.327 e. The molecule has 1 aliphatic heterocycles. The van der Waals surface area contributed by atoms with Gasteiger partial charge in [0.1, 0.15) is 0 Å². The molecule has 5 nitrogen and oxygen atoms in total. The van der Waals surface area contributed by atoms with Crippen LogP contribution in [0.5, 0.6) is 0 Å². The number of unbranched alkanes of at least 4 members (excludes halogenated alkanes) is 3. The summed E-state index contributed by atoms with van der Waals surface area (Å²) in [7, 11) is 0. The van der Waals surface area contributed by atoms with Crippen LogP contribution < -0.4 is 0 Å². The normalized spacial score (nSPS) is 20.1. The summed E-state index contributed by atoms with van der Waals surface area (Å²) in [6.45, 7) is 2.14. The van der Waals surface area contributed by atoms with Gasteiger partial charge in [0.15, 0.2) is 0 Å². The molecule has 0 unspecified atom stereocenters. The molecule has 0 aromatic heterocycles. The van der Waals surface area contributed by atoms with E-state index in [0.717, 1.165) is 19.3 Å². The first kappa shape index (κ1) is 26.0. The number of likely N-dealkylation sites (tertiary alicyclic amines) is 1. The predicted molar refractivity (Wildman–Crippen MR) is 119 cm³/mol. The number of aliphatic hydroxyl groups is 1. The van der Waals surface area contributed by atoms with Crippen molar-refractivity contribution in [1.29, 1.82) is 0 Å². The fourth-order valence-corrected chi connectivity index (χ4v) is 4.05. The number of aryl methyl sites for hydroxylation is 1. The van der Waals surface area contributed by atoms with Crippen LogP contribution in [0.2, 0.25) is 0 Å². The number of carboxylic acids is 1. The lowest BCUT2D eigenvalue weighted by molar-refractivity contribution is -0.148. The van der Waals surface area contributed by atoms with Crippen LogP contribution in [0.1, 0.15) is 63.9 Å². The van der Waals surface area contributed by atoms with Gasteiger partial charge in [-0.25, -0.2) is 0 Å². The lowest BCUT2D eigenvalue weighted by Gasteiger charge is -2.22. The molecule has 178 valence electrons. The zero-order chi connectivity index (χ0) is 23.6. The minimum Gasteiger partial charge on any atom is -0.481 e. The summed E-state index contributed by atoms with van der Waals surface area (Å²) in [4.78, 5) is 23.8. The lowest BCUT2D eigenvalue weighted by atomic mass is 9.95. The summed E-state index contributed by atoms with van der Waals surface area (Å²) >= 11 is 0. The van der Waals surface area contributed by atoms with Gasteiger partial charge >= 0.3 is 11.9 Å². The van der Waals surface area contributed by atoms with Gasteiger partial charge in [0, 0.05) is 19.4 Å². The molecule has 1 saturated heterocycles. The van der Waals surface area contributed by atoms with Crippen LogP contribution in [-0.4, -0.2) is 51.6 Å². The van der Waals surface area contributed by atoms with Crippen LogP contribution in [0.3, 0.4) is 0 Å². The first-order valence-electron chi connectivity index (χ1n) is 11.5. The van der Waals surface area contributed by atoms with Gasteiger partial charge in [0.2, 0.25) is 0 Å². The second-order valence-corrected chi connectivity index (χ2v) is 8.76. The number of hydrogen-bond donors (Lipinski definition) is 2. The van der Waals surface area contributed by atoms with Gasteiger partial charge in [-0.05, 0) is 43.6 Å². The predicted octanol–water partition coefficient (Wildman–Crippen LogP) is 4.83. The standard InChI is InChI=1S/C25H35F2NO4/c1-19(10-9-13-20-11-5-4-6-12-20)22(29)16-15-21-18-25(26,27)24(32)28(21)17-8-3-2-7-14-23(30)31/h4-6,11-12,15-16,19,21-22,29H,2-3,7-10,13-14,17-18H2,1H3,(H,30,31)/t19-,21-,22+/m1/s1. The SMILES string of the molecule is C[C@H](CCCc1ccccc1)[C@@H](O)C=C[C@@H]1CC(F)(F)C(=O)N1CCCCCCC(=O)O. The molecule has 0 spiro atoms. The third-order valence-corrected chi connectivity index (χ3v) is 6.06. The van der Waals surface area contributed by atoms with Crippen molar-refractivity contribution < 1.29 is 28.6 Å². The summed E-state index contributed by atoms with van der Waals surface area (Å²) in [6.07, 6.45) is 6.95. The van der Waals surface area contributed by atoms with E-state index in [-0.39, 0.29) is 18.9 Å². The van der Waals surface area contributed by atoms with Crippen LogP contribution in [0.4, 0.5) is 8.78 Å². The molecule has 7 heteroatoms. The van der Waals surface area contributed by atoms with Gasteiger partial charge in [-0.1, -0.05) is 62.2 Å². The molecule has 0 bridgehead atoms. The van der Waals surface area contributed by atoms with Gasteiger partial charge in [-0.15, -0.1) is 0 Å². The summed E-state index contributed by atoms with van der Waals surface area (Å²) in [6, 6.07) is 9.37. The number of nitrogens with zero attached hydrogens (tertiary/aromatic N) is 1. The van der Waals surface area contributed by atoms with Crippen molar-refractivity contribution in [3.05, 3.63) is 48.0 Å². The number of halogens is 2.